The molecule has 218 valence electrons. The first-order valence-corrected chi connectivity index (χ1v) is 15.5. The van der Waals surface area contributed by atoms with Crippen LogP contribution in [-0.4, -0.2) is 0 Å². The topological polar surface area (TPSA) is 13.1 Å². The van der Waals surface area contributed by atoms with Crippen molar-refractivity contribution in [2.24, 2.45) is 0 Å². The molecule has 0 aliphatic carbocycles. The van der Waals surface area contributed by atoms with Crippen LogP contribution in [0.5, 0.6) is 0 Å². The van der Waals surface area contributed by atoms with Gasteiger partial charge in [0, 0.05) is 10.8 Å². The third-order valence-corrected chi connectivity index (χ3v) is 9.26. The molecule has 1 aromatic heterocycles. The van der Waals surface area contributed by atoms with Gasteiger partial charge in [0.25, 0.3) is 0 Å². The summed E-state index contributed by atoms with van der Waals surface area (Å²) in [7, 11) is 0. The number of benzene rings is 9. The minimum Gasteiger partial charge on any atom is -0.456 e. The van der Waals surface area contributed by atoms with E-state index in [0.717, 1.165) is 54.6 Å². The zero-order valence-corrected chi connectivity index (χ0v) is 25.0. The van der Waals surface area contributed by atoms with Gasteiger partial charge in [0.15, 0.2) is 0 Å². The Hall–Kier alpha value is -6.18. The number of furan rings is 1. The van der Waals surface area contributed by atoms with Gasteiger partial charge >= 0.3 is 0 Å². The normalized spacial score (nSPS) is 14.2. The summed E-state index contributed by atoms with van der Waals surface area (Å²) >= 11 is 0. The van der Waals surface area contributed by atoms with Gasteiger partial charge in [0.05, 0.1) is 11.0 Å². The Morgan fingerprint density at radius 1 is 0.340 bits per heavy atom. The largest absolute Gasteiger partial charge is 0.456 e. The Morgan fingerprint density at radius 3 is 1.49 bits per heavy atom. The first-order valence-electron chi connectivity index (χ1n) is 19.5. The Morgan fingerprint density at radius 2 is 0.830 bits per heavy atom. The van der Waals surface area contributed by atoms with Crippen LogP contribution in [0.4, 0.5) is 0 Å². The first kappa shape index (κ1) is 19.4. The Labute approximate surface area is 283 Å². The smallest absolute Gasteiger partial charge is 0.136 e. The third kappa shape index (κ3) is 4.10. The lowest BCUT2D eigenvalue weighted by Gasteiger charge is -2.18. The van der Waals surface area contributed by atoms with Crippen LogP contribution in [0, 0.1) is 0 Å². The number of fused-ring (bicyclic) bond motifs is 7. The molecular formula is C46H28O. The average Bonchev–Trinajstić information content (AvgIpc) is 3.57. The molecule has 0 saturated heterocycles. The summed E-state index contributed by atoms with van der Waals surface area (Å²) < 4.78 is 78.2. The van der Waals surface area contributed by atoms with Crippen molar-refractivity contribution in [3.05, 3.63) is 170 Å². The van der Waals surface area contributed by atoms with Crippen LogP contribution >= 0.6 is 0 Å². The molecule has 0 amide bonds. The summed E-state index contributed by atoms with van der Waals surface area (Å²) in [6.07, 6.45) is 0. The zero-order valence-electron chi connectivity index (χ0n) is 33.0. The van der Waals surface area contributed by atoms with Crippen LogP contribution in [0.25, 0.3) is 98.4 Å². The molecule has 0 radical (unpaired) electrons. The van der Waals surface area contributed by atoms with Crippen LogP contribution < -0.4 is 0 Å². The highest BCUT2D eigenvalue weighted by atomic mass is 16.3. The minimum absolute atomic E-state index is 0.193. The molecule has 0 aliphatic rings. The van der Waals surface area contributed by atoms with E-state index >= 15 is 0 Å². The Balaban J connectivity index is 1.25. The van der Waals surface area contributed by atoms with Gasteiger partial charge in [-0.15, -0.1) is 0 Å². The van der Waals surface area contributed by atoms with Gasteiger partial charge in [-0.3, -0.25) is 0 Å². The van der Waals surface area contributed by atoms with E-state index in [2.05, 4.69) is 30.3 Å². The van der Waals surface area contributed by atoms with Gasteiger partial charge in [-0.05, 0) is 107 Å². The SMILES string of the molecule is [2H]c1c([2H])c([2H])c2c(-c3ccc4ccccc4c3)c3c([2H])c([2H])c([2H])c([2H])c3c(-c3ccc(-c4ccc5oc6cc7ccccc7cc6c5c4)cc3)c2c1[2H]. The van der Waals surface area contributed by atoms with E-state index in [-0.39, 0.29) is 45.7 Å². The Bertz CT molecular complexity index is 3210. The minimum atomic E-state index is -0.423. The van der Waals surface area contributed by atoms with Crippen molar-refractivity contribution in [2.75, 3.05) is 0 Å². The van der Waals surface area contributed by atoms with Crippen molar-refractivity contribution >= 4 is 65.0 Å². The van der Waals surface area contributed by atoms with E-state index in [1.165, 1.54) is 0 Å². The second kappa shape index (κ2) is 10.2. The first-order chi connectivity index (χ1) is 26.6. The number of hydrogen-bond donors (Lipinski definition) is 0. The van der Waals surface area contributed by atoms with Crippen molar-refractivity contribution in [1.82, 2.24) is 0 Å². The van der Waals surface area contributed by atoms with Gasteiger partial charge in [-0.2, -0.15) is 0 Å². The van der Waals surface area contributed by atoms with Crippen molar-refractivity contribution < 1.29 is 15.4 Å². The summed E-state index contributed by atoms with van der Waals surface area (Å²) in [4.78, 5) is 0. The maximum atomic E-state index is 9.26. The van der Waals surface area contributed by atoms with Gasteiger partial charge in [0.2, 0.25) is 0 Å². The molecule has 10 rings (SSSR count). The molecule has 0 bridgehead atoms. The van der Waals surface area contributed by atoms with E-state index in [1.807, 2.05) is 91.0 Å². The van der Waals surface area contributed by atoms with Crippen LogP contribution in [0.1, 0.15) is 11.0 Å². The highest BCUT2D eigenvalue weighted by Gasteiger charge is 2.17. The fourth-order valence-electron chi connectivity index (χ4n) is 7.02. The standard InChI is InChI=1S/C46H28O/c1-2-10-32-25-36(22-19-29(32)9-1)46-39-15-7-5-13-37(39)45(38-14-6-8-16-40(38)46)31-20-17-30(18-21-31)35-23-24-43-41(27-35)42-26-33-11-3-4-12-34(33)28-44(42)47-43/h1-28H/i5D,6D,7D,8D,13D,14D,15D,16D. The molecular weight excluding hydrogens is 569 g/mol. The second-order valence-electron chi connectivity index (χ2n) is 11.9. The fourth-order valence-corrected chi connectivity index (χ4v) is 7.02. The summed E-state index contributed by atoms with van der Waals surface area (Å²) in [5, 5.41) is 6.85. The van der Waals surface area contributed by atoms with Gasteiger partial charge in [-0.25, -0.2) is 0 Å². The highest BCUT2D eigenvalue weighted by Crippen LogP contribution is 2.44. The van der Waals surface area contributed by atoms with E-state index in [4.69, 9.17) is 9.90 Å². The summed E-state index contributed by atoms with van der Waals surface area (Å²) in [5.74, 6) is 0. The molecule has 0 fully saturated rings. The molecule has 0 atom stereocenters. The van der Waals surface area contributed by atoms with Crippen LogP contribution in [-0.2, 0) is 0 Å². The van der Waals surface area contributed by atoms with Crippen molar-refractivity contribution in [3.63, 3.8) is 0 Å². The molecule has 10 aromatic rings. The van der Waals surface area contributed by atoms with E-state index in [9.17, 15) is 5.48 Å². The van der Waals surface area contributed by atoms with E-state index in [1.54, 1.807) is 0 Å². The van der Waals surface area contributed by atoms with Crippen molar-refractivity contribution in [1.29, 1.82) is 0 Å². The molecule has 9 aromatic carbocycles. The van der Waals surface area contributed by atoms with E-state index in [0.29, 0.717) is 22.3 Å². The van der Waals surface area contributed by atoms with Crippen LogP contribution in [0.2, 0.25) is 0 Å². The van der Waals surface area contributed by atoms with Crippen molar-refractivity contribution in [2.45, 2.75) is 0 Å². The predicted octanol–water partition coefficient (Wildman–Crippen LogP) is 13.2. The van der Waals surface area contributed by atoms with Gasteiger partial charge < -0.3 is 4.42 Å². The maximum Gasteiger partial charge on any atom is 0.136 e. The summed E-state index contributed by atoms with van der Waals surface area (Å²) in [6, 6.07) is 36.6. The molecule has 1 nitrogen and oxygen atoms in total. The van der Waals surface area contributed by atoms with Gasteiger partial charge in [-0.1, -0.05) is 139 Å². The lowest BCUT2D eigenvalue weighted by atomic mass is 9.85. The molecule has 0 spiro atoms. The monoisotopic (exact) mass is 604 g/mol. The molecule has 0 aliphatic heterocycles. The predicted molar refractivity (Wildman–Crippen MR) is 200 cm³/mol. The van der Waals surface area contributed by atoms with Gasteiger partial charge in [0.1, 0.15) is 11.2 Å². The maximum absolute atomic E-state index is 9.26. The molecule has 47 heavy (non-hydrogen) atoms. The third-order valence-electron chi connectivity index (χ3n) is 9.26. The zero-order chi connectivity index (χ0) is 37.9. The second-order valence-corrected chi connectivity index (χ2v) is 11.9. The highest BCUT2D eigenvalue weighted by molar-refractivity contribution is 6.21. The lowest BCUT2D eigenvalue weighted by Crippen LogP contribution is -1.91. The molecule has 0 saturated carbocycles. The van der Waals surface area contributed by atoms with Crippen LogP contribution in [0.3, 0.4) is 0 Å². The summed E-state index contributed by atoms with van der Waals surface area (Å²) in [6.45, 7) is 0. The molecule has 0 N–H and O–H groups in total. The van der Waals surface area contributed by atoms with Crippen LogP contribution in [0.15, 0.2) is 174 Å². The quantitative estimate of drug-likeness (QED) is 0.183. The fraction of sp³-hybridized carbons (Fsp3) is 0. The van der Waals surface area contributed by atoms with Crippen molar-refractivity contribution in [3.8, 4) is 33.4 Å². The number of hydrogen-bond acceptors (Lipinski definition) is 1. The molecule has 1 heterocycles. The Kier molecular flexibility index (Phi) is 4.19. The summed E-state index contributed by atoms with van der Waals surface area (Å²) in [5.41, 5.74) is 5.22. The number of rotatable bonds is 3. The lowest BCUT2D eigenvalue weighted by molar-refractivity contribution is 0.669. The van der Waals surface area contributed by atoms with E-state index < -0.39 is 24.2 Å². The molecule has 0 unspecified atom stereocenters. The molecule has 1 heteroatoms. The average molecular weight is 605 g/mol.